The summed E-state index contributed by atoms with van der Waals surface area (Å²) < 4.78 is 21.8. The van der Waals surface area contributed by atoms with Crippen molar-refractivity contribution in [2.45, 2.75) is 116 Å². The number of carbonyl (C=O) groups is 1. The number of hydrogen-bond donors (Lipinski definition) is 0. The van der Waals surface area contributed by atoms with Gasteiger partial charge in [-0.15, -0.1) is 0 Å². The molecule has 7 heteroatoms. The molecular formula is C32H48I2O4Si. The third kappa shape index (κ3) is 13.4. The zero-order valence-corrected chi connectivity index (χ0v) is 30.2. The van der Waals surface area contributed by atoms with Gasteiger partial charge in [-0.25, -0.2) is 4.79 Å². The smallest absolute Gasteiger partial charge is 0.331 e. The maximum absolute atomic E-state index is 12.8. The number of halogens is 2. The fraction of sp³-hybridized carbons (Fsp3) is 0.594. The monoisotopic (exact) mass is 778 g/mol. The van der Waals surface area contributed by atoms with E-state index >= 15 is 0 Å². The molecule has 1 aromatic carbocycles. The fourth-order valence-electron chi connectivity index (χ4n) is 4.30. The van der Waals surface area contributed by atoms with Crippen molar-refractivity contribution >= 4 is 59.5 Å². The van der Waals surface area contributed by atoms with Gasteiger partial charge in [0.25, 0.3) is 0 Å². The highest BCUT2D eigenvalue weighted by Gasteiger charge is 2.37. The number of carbonyl (C=O) groups excluding carboxylic acids is 1. The Balaban J connectivity index is 1.93. The van der Waals surface area contributed by atoms with Crippen LogP contribution in [0.25, 0.3) is 0 Å². The van der Waals surface area contributed by atoms with Gasteiger partial charge in [-0.3, -0.25) is 0 Å². The average molecular weight is 779 g/mol. The van der Waals surface area contributed by atoms with Crippen LogP contribution in [0, 0.1) is 0 Å². The molecule has 1 aliphatic heterocycles. The Morgan fingerprint density at radius 2 is 1.74 bits per heavy atom. The molecule has 0 aliphatic carbocycles. The first-order valence-corrected chi connectivity index (χ1v) is 19.3. The summed E-state index contributed by atoms with van der Waals surface area (Å²) in [6, 6.07) is 10.6. The molecule has 1 aromatic rings. The van der Waals surface area contributed by atoms with E-state index in [2.05, 4.69) is 133 Å². The average Bonchev–Trinajstić information content (AvgIpc) is 2.85. The molecular weight excluding hydrogens is 730 g/mol. The summed E-state index contributed by atoms with van der Waals surface area (Å²) in [5.41, 5.74) is 3.99. The van der Waals surface area contributed by atoms with Crippen LogP contribution in [0.4, 0.5) is 0 Å². The normalized spacial score (nSPS) is 21.7. The second kappa shape index (κ2) is 16.8. The topological polar surface area (TPSA) is 44.8 Å². The molecule has 0 N–H and O–H groups in total. The molecule has 218 valence electrons. The lowest BCUT2D eigenvalue weighted by atomic mass is 9.94. The molecule has 0 saturated carbocycles. The van der Waals surface area contributed by atoms with E-state index in [4.69, 9.17) is 13.9 Å². The second-order valence-corrected chi connectivity index (χ2v) is 19.1. The lowest BCUT2D eigenvalue weighted by Gasteiger charge is -2.36. The van der Waals surface area contributed by atoms with Gasteiger partial charge < -0.3 is 13.9 Å². The molecule has 1 fully saturated rings. The van der Waals surface area contributed by atoms with Crippen LogP contribution in [0.1, 0.15) is 78.7 Å². The molecule has 0 bridgehead atoms. The van der Waals surface area contributed by atoms with Crippen LogP contribution in [0.3, 0.4) is 0 Å². The van der Waals surface area contributed by atoms with E-state index in [0.29, 0.717) is 6.61 Å². The quantitative estimate of drug-likeness (QED) is 0.0658. The molecule has 1 heterocycles. The first-order chi connectivity index (χ1) is 18.3. The number of rotatable bonds is 13. The Hall–Kier alpha value is -0.493. The van der Waals surface area contributed by atoms with Gasteiger partial charge in [-0.2, -0.15) is 0 Å². The van der Waals surface area contributed by atoms with Gasteiger partial charge in [0.1, 0.15) is 6.10 Å². The molecule has 0 amide bonds. The Labute approximate surface area is 265 Å². The van der Waals surface area contributed by atoms with Crippen molar-refractivity contribution in [1.82, 2.24) is 0 Å². The summed E-state index contributed by atoms with van der Waals surface area (Å²) >= 11 is 4.53. The van der Waals surface area contributed by atoms with E-state index in [9.17, 15) is 4.79 Å². The van der Waals surface area contributed by atoms with E-state index in [1.165, 1.54) is 16.7 Å². The van der Waals surface area contributed by atoms with Crippen LogP contribution in [0.15, 0.2) is 61.3 Å². The number of ether oxygens (including phenoxy) is 2. The van der Waals surface area contributed by atoms with Crippen LogP contribution >= 0.6 is 45.2 Å². The van der Waals surface area contributed by atoms with Gasteiger partial charge in [0, 0.05) is 35.5 Å². The van der Waals surface area contributed by atoms with Gasteiger partial charge in [-0.05, 0) is 89.9 Å². The van der Waals surface area contributed by atoms with Gasteiger partial charge in [0.2, 0.25) is 0 Å². The largest absolute Gasteiger partial charge is 0.459 e. The molecule has 1 saturated heterocycles. The number of hydrogen-bond acceptors (Lipinski definition) is 4. The maximum Gasteiger partial charge on any atom is 0.331 e. The third-order valence-corrected chi connectivity index (χ3v) is 14.2. The highest BCUT2D eigenvalue weighted by atomic mass is 127. The Morgan fingerprint density at radius 1 is 1.08 bits per heavy atom. The number of allylic oxidation sites excluding steroid dienone is 2. The highest BCUT2D eigenvalue weighted by molar-refractivity contribution is 14.1. The second-order valence-electron chi connectivity index (χ2n) is 12.3. The van der Waals surface area contributed by atoms with E-state index < -0.39 is 8.32 Å². The molecule has 1 aliphatic rings. The summed E-state index contributed by atoms with van der Waals surface area (Å²) in [7, 11) is -1.79. The first kappa shape index (κ1) is 34.7. The molecule has 2 rings (SSSR count). The predicted molar refractivity (Wildman–Crippen MR) is 183 cm³/mol. The van der Waals surface area contributed by atoms with Crippen molar-refractivity contribution in [3.63, 3.8) is 0 Å². The Kier molecular flexibility index (Phi) is 15.0. The summed E-state index contributed by atoms with van der Waals surface area (Å²) in [5, 5.41) is 0.179. The maximum atomic E-state index is 12.8. The van der Waals surface area contributed by atoms with Gasteiger partial charge >= 0.3 is 5.97 Å². The number of esters is 1. The van der Waals surface area contributed by atoms with Crippen molar-refractivity contribution < 1.29 is 18.7 Å². The SMILES string of the molecule is C/C(=C\Cc1ccccc1)CC[C@H]1C[C@H](OC(=O)/C=C(\I)CCO[Si](C)(C)C(C)(C)C)C[C@@H](C/C(C)=C/I)O1. The predicted octanol–water partition coefficient (Wildman–Crippen LogP) is 9.87. The zero-order valence-electron chi connectivity index (χ0n) is 24.9. The van der Waals surface area contributed by atoms with E-state index in [0.717, 1.165) is 48.5 Å². The molecule has 0 radical (unpaired) electrons. The summed E-state index contributed by atoms with van der Waals surface area (Å²) in [5.74, 6) is -0.254. The highest BCUT2D eigenvalue weighted by Crippen LogP contribution is 2.37. The Morgan fingerprint density at radius 3 is 2.38 bits per heavy atom. The molecule has 3 atom stereocenters. The lowest BCUT2D eigenvalue weighted by molar-refractivity contribution is -0.156. The minimum absolute atomic E-state index is 0.0715. The van der Waals surface area contributed by atoms with Crippen LogP contribution in [0.5, 0.6) is 0 Å². The molecule has 0 aromatic heterocycles. The van der Waals surface area contributed by atoms with Crippen LogP contribution in [-0.2, 0) is 25.1 Å². The summed E-state index contributed by atoms with van der Waals surface area (Å²) in [6.45, 7) is 16.2. The molecule has 0 spiro atoms. The summed E-state index contributed by atoms with van der Waals surface area (Å²) in [4.78, 5) is 12.8. The first-order valence-electron chi connectivity index (χ1n) is 14.1. The van der Waals surface area contributed by atoms with Crippen molar-refractivity contribution in [1.29, 1.82) is 0 Å². The van der Waals surface area contributed by atoms with Crippen LogP contribution < -0.4 is 0 Å². The minimum Gasteiger partial charge on any atom is -0.459 e. The van der Waals surface area contributed by atoms with Crippen molar-refractivity contribution in [3.8, 4) is 0 Å². The van der Waals surface area contributed by atoms with Gasteiger partial charge in [0.15, 0.2) is 8.32 Å². The molecule has 0 unspecified atom stereocenters. The zero-order chi connectivity index (χ0) is 29.1. The van der Waals surface area contributed by atoms with Gasteiger partial charge in [-0.1, -0.05) is 90.9 Å². The third-order valence-electron chi connectivity index (χ3n) is 7.73. The molecule has 4 nitrogen and oxygen atoms in total. The van der Waals surface area contributed by atoms with E-state index in [-0.39, 0.29) is 29.3 Å². The van der Waals surface area contributed by atoms with Crippen LogP contribution in [0.2, 0.25) is 18.1 Å². The standard InChI is InChI=1S/C32H48I2O4Si/c1-24(13-15-26-11-9-8-10-12-26)14-16-28-21-30(22-29(37-28)19-25(2)23-33)38-31(35)20-27(34)17-18-36-39(6,7)32(3,4)5/h8-13,20,23,28-30H,14-19,21-22H2,1-7H3/b24-13+,25-23+,27-20-/t28-,29+,30-/m0/s1. The van der Waals surface area contributed by atoms with E-state index in [1.54, 1.807) is 6.08 Å². The Bertz CT molecular complexity index is 995. The van der Waals surface area contributed by atoms with Gasteiger partial charge in [0.05, 0.1) is 12.2 Å². The fourth-order valence-corrected chi connectivity index (χ4v) is 6.07. The molecule has 39 heavy (non-hydrogen) atoms. The van der Waals surface area contributed by atoms with Crippen molar-refractivity contribution in [2.75, 3.05) is 6.61 Å². The lowest BCUT2D eigenvalue weighted by Crippen LogP contribution is -2.41. The van der Waals surface area contributed by atoms with Crippen molar-refractivity contribution in [2.24, 2.45) is 0 Å². The van der Waals surface area contributed by atoms with E-state index in [1.807, 2.05) is 0 Å². The summed E-state index contributed by atoms with van der Waals surface area (Å²) in [6.07, 6.45) is 9.96. The van der Waals surface area contributed by atoms with Crippen molar-refractivity contribution in [3.05, 3.63) is 66.9 Å². The van der Waals surface area contributed by atoms with Crippen LogP contribution in [-0.4, -0.2) is 39.2 Å². The number of benzene rings is 1. The minimum atomic E-state index is -1.79.